The molecule has 1 amide bonds. The van der Waals surface area contributed by atoms with Crippen molar-refractivity contribution in [2.24, 2.45) is 0 Å². The Balaban J connectivity index is 1.73. The van der Waals surface area contributed by atoms with Gasteiger partial charge < -0.3 is 4.90 Å². The predicted octanol–water partition coefficient (Wildman–Crippen LogP) is 2.71. The lowest BCUT2D eigenvalue weighted by Crippen LogP contribution is -2.24. The summed E-state index contributed by atoms with van der Waals surface area (Å²) in [5.74, 6) is 0.159. The van der Waals surface area contributed by atoms with Gasteiger partial charge in [0.1, 0.15) is 0 Å². The minimum absolute atomic E-state index is 0.152. The van der Waals surface area contributed by atoms with Gasteiger partial charge in [0.2, 0.25) is 5.91 Å². The summed E-state index contributed by atoms with van der Waals surface area (Å²) in [6.45, 7) is 0.700. The molecule has 1 aliphatic heterocycles. The van der Waals surface area contributed by atoms with Crippen LogP contribution in [0.15, 0.2) is 48.8 Å². The van der Waals surface area contributed by atoms with Crippen LogP contribution >= 0.6 is 12.6 Å². The molecule has 1 aromatic carbocycles. The second-order valence-electron chi connectivity index (χ2n) is 5.06. The largest absolute Gasteiger partial charge is 0.311 e. The normalized spacial score (nSPS) is 18.6. The van der Waals surface area contributed by atoms with Crippen molar-refractivity contribution in [3.63, 3.8) is 0 Å². The SMILES string of the molecule is O=C1CC(S)CN1c1ccc(Cc2ccncc2)cc1. The minimum atomic E-state index is 0.152. The maximum Gasteiger partial charge on any atom is 0.228 e. The summed E-state index contributed by atoms with van der Waals surface area (Å²) in [4.78, 5) is 17.7. The molecule has 1 unspecified atom stereocenters. The van der Waals surface area contributed by atoms with Crippen LogP contribution in [0, 0.1) is 0 Å². The number of carbonyl (C=O) groups excluding carboxylic acids is 1. The smallest absolute Gasteiger partial charge is 0.228 e. The van der Waals surface area contributed by atoms with Gasteiger partial charge >= 0.3 is 0 Å². The monoisotopic (exact) mass is 284 g/mol. The fourth-order valence-electron chi connectivity index (χ4n) is 2.47. The van der Waals surface area contributed by atoms with Crippen LogP contribution in [0.1, 0.15) is 17.5 Å². The van der Waals surface area contributed by atoms with E-state index in [9.17, 15) is 4.79 Å². The summed E-state index contributed by atoms with van der Waals surface area (Å²) in [6, 6.07) is 12.2. The van der Waals surface area contributed by atoms with E-state index in [1.165, 1.54) is 11.1 Å². The molecule has 1 saturated heterocycles. The number of hydrogen-bond donors (Lipinski definition) is 1. The molecule has 1 aliphatic rings. The lowest BCUT2D eigenvalue weighted by atomic mass is 10.1. The van der Waals surface area contributed by atoms with Crippen molar-refractivity contribution in [2.75, 3.05) is 11.4 Å². The summed E-state index contributed by atoms with van der Waals surface area (Å²) in [6.07, 6.45) is 5.02. The van der Waals surface area contributed by atoms with E-state index >= 15 is 0 Å². The number of carbonyl (C=O) groups is 1. The summed E-state index contributed by atoms with van der Waals surface area (Å²) >= 11 is 4.38. The number of rotatable bonds is 3. The van der Waals surface area contributed by atoms with Gasteiger partial charge in [0.15, 0.2) is 0 Å². The average molecular weight is 284 g/mol. The molecule has 20 heavy (non-hydrogen) atoms. The molecule has 3 nitrogen and oxygen atoms in total. The van der Waals surface area contributed by atoms with E-state index < -0.39 is 0 Å². The first-order chi connectivity index (χ1) is 9.72. The van der Waals surface area contributed by atoms with Gasteiger partial charge in [-0.3, -0.25) is 9.78 Å². The number of hydrogen-bond acceptors (Lipinski definition) is 3. The second-order valence-corrected chi connectivity index (χ2v) is 5.79. The van der Waals surface area contributed by atoms with Crippen LogP contribution < -0.4 is 4.90 Å². The minimum Gasteiger partial charge on any atom is -0.311 e. The molecule has 0 spiro atoms. The molecule has 3 rings (SSSR count). The van der Waals surface area contributed by atoms with Crippen molar-refractivity contribution in [3.8, 4) is 0 Å². The maximum atomic E-state index is 11.8. The summed E-state index contributed by atoms with van der Waals surface area (Å²) in [5, 5.41) is 0.152. The summed E-state index contributed by atoms with van der Waals surface area (Å²) in [7, 11) is 0. The average Bonchev–Trinajstić information content (AvgIpc) is 2.80. The van der Waals surface area contributed by atoms with Gasteiger partial charge in [-0.15, -0.1) is 0 Å². The fraction of sp³-hybridized carbons (Fsp3) is 0.250. The van der Waals surface area contributed by atoms with E-state index in [0.29, 0.717) is 13.0 Å². The zero-order chi connectivity index (χ0) is 13.9. The molecule has 2 aromatic rings. The fourth-order valence-corrected chi connectivity index (χ4v) is 2.79. The van der Waals surface area contributed by atoms with Crippen LogP contribution in [0.25, 0.3) is 0 Å². The van der Waals surface area contributed by atoms with Gasteiger partial charge in [-0.2, -0.15) is 12.6 Å². The third kappa shape index (κ3) is 2.85. The lowest BCUT2D eigenvalue weighted by molar-refractivity contribution is -0.117. The summed E-state index contributed by atoms with van der Waals surface area (Å²) < 4.78 is 0. The van der Waals surface area contributed by atoms with Crippen LogP contribution in [0.3, 0.4) is 0 Å². The first-order valence-electron chi connectivity index (χ1n) is 6.68. The predicted molar refractivity (Wildman–Crippen MR) is 83.2 cm³/mol. The molecule has 0 aliphatic carbocycles. The number of anilines is 1. The molecule has 102 valence electrons. The van der Waals surface area contributed by atoms with E-state index in [4.69, 9.17) is 0 Å². The van der Waals surface area contributed by atoms with E-state index in [2.05, 4.69) is 29.7 Å². The highest BCUT2D eigenvalue weighted by molar-refractivity contribution is 7.81. The van der Waals surface area contributed by atoms with Crippen LogP contribution in [0.2, 0.25) is 0 Å². The molecular weight excluding hydrogens is 268 g/mol. The molecule has 1 fully saturated rings. The second kappa shape index (κ2) is 5.67. The van der Waals surface area contributed by atoms with E-state index in [-0.39, 0.29) is 11.2 Å². The van der Waals surface area contributed by atoms with Crippen molar-refractivity contribution in [1.29, 1.82) is 0 Å². The van der Waals surface area contributed by atoms with Crippen LogP contribution in [-0.4, -0.2) is 22.7 Å². The number of pyridine rings is 1. The third-order valence-corrected chi connectivity index (χ3v) is 3.86. The highest BCUT2D eigenvalue weighted by Gasteiger charge is 2.27. The lowest BCUT2D eigenvalue weighted by Gasteiger charge is -2.16. The van der Waals surface area contributed by atoms with Gasteiger partial charge in [0.05, 0.1) is 0 Å². The van der Waals surface area contributed by atoms with Crippen molar-refractivity contribution in [3.05, 3.63) is 59.9 Å². The molecule has 0 saturated carbocycles. The van der Waals surface area contributed by atoms with Crippen LogP contribution in [0.4, 0.5) is 5.69 Å². The van der Waals surface area contributed by atoms with E-state index in [0.717, 1.165) is 12.1 Å². The van der Waals surface area contributed by atoms with Gasteiger partial charge in [0, 0.05) is 36.3 Å². The summed E-state index contributed by atoms with van der Waals surface area (Å²) in [5.41, 5.74) is 3.43. The Morgan fingerprint density at radius 1 is 1.10 bits per heavy atom. The van der Waals surface area contributed by atoms with Gasteiger partial charge in [-0.25, -0.2) is 0 Å². The molecule has 0 N–H and O–H groups in total. The van der Waals surface area contributed by atoms with Crippen molar-refractivity contribution >= 4 is 24.2 Å². The highest BCUT2D eigenvalue weighted by Crippen LogP contribution is 2.24. The highest BCUT2D eigenvalue weighted by atomic mass is 32.1. The standard InChI is InChI=1S/C16H16N2OS/c19-16-10-15(20)11-18(16)14-3-1-12(2-4-14)9-13-5-7-17-8-6-13/h1-8,15,20H,9-11H2. The van der Waals surface area contributed by atoms with Gasteiger partial charge in [-0.05, 0) is 41.8 Å². The Hall–Kier alpha value is -1.81. The molecule has 4 heteroatoms. The Bertz CT molecular complexity index is 598. The molecular formula is C16H16N2OS. The first kappa shape index (κ1) is 13.2. The van der Waals surface area contributed by atoms with Crippen molar-refractivity contribution < 1.29 is 4.79 Å². The number of benzene rings is 1. The Labute approximate surface area is 124 Å². The zero-order valence-electron chi connectivity index (χ0n) is 11.1. The Morgan fingerprint density at radius 3 is 2.35 bits per heavy atom. The number of amides is 1. The van der Waals surface area contributed by atoms with Crippen LogP contribution in [0.5, 0.6) is 0 Å². The molecule has 0 bridgehead atoms. The third-order valence-electron chi connectivity index (χ3n) is 3.51. The quantitative estimate of drug-likeness (QED) is 0.879. The molecule has 0 radical (unpaired) electrons. The Morgan fingerprint density at radius 2 is 1.75 bits per heavy atom. The van der Waals surface area contributed by atoms with Crippen molar-refractivity contribution in [2.45, 2.75) is 18.1 Å². The zero-order valence-corrected chi connectivity index (χ0v) is 12.0. The topological polar surface area (TPSA) is 33.2 Å². The Kier molecular flexibility index (Phi) is 3.74. The van der Waals surface area contributed by atoms with E-state index in [1.807, 2.05) is 29.2 Å². The van der Waals surface area contributed by atoms with Gasteiger partial charge in [0.25, 0.3) is 0 Å². The number of nitrogens with zero attached hydrogens (tertiary/aromatic N) is 2. The van der Waals surface area contributed by atoms with Gasteiger partial charge in [-0.1, -0.05) is 12.1 Å². The number of aromatic nitrogens is 1. The number of thiol groups is 1. The molecule has 2 heterocycles. The maximum absolute atomic E-state index is 11.8. The molecule has 1 aromatic heterocycles. The van der Waals surface area contributed by atoms with Crippen LogP contribution in [-0.2, 0) is 11.2 Å². The van der Waals surface area contributed by atoms with Crippen molar-refractivity contribution in [1.82, 2.24) is 4.98 Å². The van der Waals surface area contributed by atoms with E-state index in [1.54, 1.807) is 12.4 Å². The first-order valence-corrected chi connectivity index (χ1v) is 7.20. The molecule has 1 atom stereocenters.